The molecule has 3 nitrogen and oxygen atoms in total. The van der Waals surface area contributed by atoms with E-state index in [0.717, 1.165) is 6.54 Å². The van der Waals surface area contributed by atoms with Crippen molar-refractivity contribution in [3.63, 3.8) is 0 Å². The summed E-state index contributed by atoms with van der Waals surface area (Å²) in [6.45, 7) is 3.47. The zero-order valence-corrected chi connectivity index (χ0v) is 10.7. The zero-order valence-electron chi connectivity index (χ0n) is 10.7. The van der Waals surface area contributed by atoms with E-state index in [4.69, 9.17) is 0 Å². The van der Waals surface area contributed by atoms with E-state index in [-0.39, 0.29) is 0 Å². The molecule has 0 unspecified atom stereocenters. The molecule has 0 amide bonds. The smallest absolute Gasteiger partial charge is 0.377 e. The highest BCUT2D eigenvalue weighted by molar-refractivity contribution is 6.53. The standard InChI is InChI=1S/C13H19BN3/c1-4-16-10-6-5-9-14(16)17-11-7-13(8-12-17)15(2)3/h5-12H,4H2,1-3H3/q+1. The molecule has 0 N–H and O–H groups in total. The minimum Gasteiger partial charge on any atom is -0.377 e. The van der Waals surface area contributed by atoms with Gasteiger partial charge in [-0.1, -0.05) is 6.08 Å². The molecular formula is C13H19BN3+. The maximum absolute atomic E-state index is 2.30. The molecule has 1 aromatic heterocycles. The van der Waals surface area contributed by atoms with Crippen molar-refractivity contribution in [3.8, 4) is 0 Å². The van der Waals surface area contributed by atoms with Crippen molar-refractivity contribution in [2.45, 2.75) is 6.92 Å². The highest BCUT2D eigenvalue weighted by Crippen LogP contribution is 2.07. The fraction of sp³-hybridized carbons (Fsp3) is 0.308. The van der Waals surface area contributed by atoms with E-state index in [1.165, 1.54) is 5.69 Å². The molecule has 0 bridgehead atoms. The average molecular weight is 228 g/mol. The number of pyridine rings is 1. The van der Waals surface area contributed by atoms with Crippen LogP contribution in [-0.4, -0.2) is 32.4 Å². The van der Waals surface area contributed by atoms with E-state index in [1.54, 1.807) is 0 Å². The first-order valence-electron chi connectivity index (χ1n) is 6.01. The topological polar surface area (TPSA) is 10.4 Å². The van der Waals surface area contributed by atoms with Crippen molar-refractivity contribution < 1.29 is 4.48 Å². The van der Waals surface area contributed by atoms with E-state index < -0.39 is 0 Å². The second-order valence-corrected chi connectivity index (χ2v) is 4.37. The summed E-state index contributed by atoms with van der Waals surface area (Å²) < 4.78 is 2.22. The Labute approximate surface area is 104 Å². The predicted octanol–water partition coefficient (Wildman–Crippen LogP) is 1.32. The number of hydrogen-bond acceptors (Lipinski definition) is 2. The number of aromatic nitrogens is 1. The molecule has 0 atom stereocenters. The van der Waals surface area contributed by atoms with Crippen molar-refractivity contribution in [2.75, 3.05) is 25.5 Å². The summed E-state index contributed by atoms with van der Waals surface area (Å²) in [5, 5.41) is 0. The number of anilines is 1. The molecular weight excluding hydrogens is 209 g/mol. The van der Waals surface area contributed by atoms with Gasteiger partial charge in [-0.3, -0.25) is 4.48 Å². The van der Waals surface area contributed by atoms with Crippen molar-refractivity contribution in [1.29, 1.82) is 0 Å². The lowest BCUT2D eigenvalue weighted by atomic mass is 9.72. The zero-order chi connectivity index (χ0) is 12.3. The number of nitrogens with zero attached hydrogens (tertiary/aromatic N) is 3. The molecule has 4 heteroatoms. The Morgan fingerprint density at radius 3 is 2.53 bits per heavy atom. The van der Waals surface area contributed by atoms with Crippen molar-refractivity contribution in [3.05, 3.63) is 48.9 Å². The predicted molar refractivity (Wildman–Crippen MR) is 72.8 cm³/mol. The second kappa shape index (κ2) is 5.08. The van der Waals surface area contributed by atoms with Gasteiger partial charge in [-0.15, -0.1) is 0 Å². The summed E-state index contributed by atoms with van der Waals surface area (Å²) in [6, 6.07) is 4.28. The molecule has 0 aliphatic carbocycles. The molecule has 0 saturated heterocycles. The highest BCUT2D eigenvalue weighted by atomic mass is 15.1. The van der Waals surface area contributed by atoms with Crippen LogP contribution >= 0.6 is 0 Å². The maximum Gasteiger partial charge on any atom is 0.644 e. The third kappa shape index (κ3) is 2.52. The lowest BCUT2D eigenvalue weighted by molar-refractivity contribution is -0.542. The largest absolute Gasteiger partial charge is 0.644 e. The van der Waals surface area contributed by atoms with Gasteiger partial charge in [0, 0.05) is 38.5 Å². The van der Waals surface area contributed by atoms with E-state index in [0.29, 0.717) is 6.98 Å². The van der Waals surface area contributed by atoms with Crippen LogP contribution in [0.1, 0.15) is 6.92 Å². The van der Waals surface area contributed by atoms with E-state index in [9.17, 15) is 0 Å². The van der Waals surface area contributed by atoms with Gasteiger partial charge in [0.1, 0.15) is 12.4 Å². The molecule has 17 heavy (non-hydrogen) atoms. The molecule has 1 aromatic rings. The summed E-state index contributed by atoms with van der Waals surface area (Å²) in [5.41, 5.74) is 1.22. The molecule has 0 saturated carbocycles. The van der Waals surface area contributed by atoms with Crippen molar-refractivity contribution in [2.24, 2.45) is 0 Å². The quantitative estimate of drug-likeness (QED) is 0.722. The van der Waals surface area contributed by atoms with Gasteiger partial charge in [0.2, 0.25) is 0 Å². The summed E-state index contributed by atoms with van der Waals surface area (Å²) in [4.78, 5) is 4.41. The van der Waals surface area contributed by atoms with Crippen LogP contribution in [0, 0.1) is 0 Å². The summed E-state index contributed by atoms with van der Waals surface area (Å²) >= 11 is 0. The molecule has 0 radical (unpaired) electrons. The minimum atomic E-state index is 0.293. The number of hydrogen-bond donors (Lipinski definition) is 0. The Hall–Kier alpha value is -1.71. The molecule has 88 valence electrons. The fourth-order valence-corrected chi connectivity index (χ4v) is 1.99. The molecule has 2 heterocycles. The van der Waals surface area contributed by atoms with Crippen LogP contribution < -0.4 is 9.38 Å². The first-order valence-corrected chi connectivity index (χ1v) is 6.01. The van der Waals surface area contributed by atoms with Crippen LogP contribution in [0.25, 0.3) is 0 Å². The summed E-state index contributed by atoms with van der Waals surface area (Å²) in [6.07, 6.45) is 10.6. The van der Waals surface area contributed by atoms with Gasteiger partial charge in [0.25, 0.3) is 0 Å². The van der Waals surface area contributed by atoms with Crippen molar-refractivity contribution >= 4 is 12.7 Å². The first kappa shape index (κ1) is 11.8. The van der Waals surface area contributed by atoms with Crippen LogP contribution in [0.2, 0.25) is 0 Å². The lowest BCUT2D eigenvalue weighted by Crippen LogP contribution is -2.59. The third-order valence-corrected chi connectivity index (χ3v) is 3.03. The van der Waals surface area contributed by atoms with E-state index in [1.807, 2.05) is 0 Å². The van der Waals surface area contributed by atoms with Gasteiger partial charge < -0.3 is 9.71 Å². The molecule has 0 fully saturated rings. The third-order valence-electron chi connectivity index (χ3n) is 3.03. The normalized spacial score (nSPS) is 14.3. The van der Waals surface area contributed by atoms with Crippen LogP contribution in [0.4, 0.5) is 5.69 Å². The van der Waals surface area contributed by atoms with E-state index >= 15 is 0 Å². The molecule has 1 aliphatic rings. The van der Waals surface area contributed by atoms with Gasteiger partial charge >= 0.3 is 6.98 Å². The van der Waals surface area contributed by atoms with E-state index in [2.05, 4.69) is 84.1 Å². The van der Waals surface area contributed by atoms with Crippen LogP contribution in [0.3, 0.4) is 0 Å². The first-order chi connectivity index (χ1) is 8.22. The minimum absolute atomic E-state index is 0.293. The Balaban J connectivity index is 2.22. The second-order valence-electron chi connectivity index (χ2n) is 4.37. The van der Waals surface area contributed by atoms with Gasteiger partial charge in [-0.05, 0) is 25.2 Å². The number of allylic oxidation sites excluding steroid dienone is 2. The monoisotopic (exact) mass is 228 g/mol. The summed E-state index contributed by atoms with van der Waals surface area (Å²) in [7, 11) is 4.11. The Kier molecular flexibility index (Phi) is 3.52. The fourth-order valence-electron chi connectivity index (χ4n) is 1.99. The average Bonchev–Trinajstić information content (AvgIpc) is 2.39. The van der Waals surface area contributed by atoms with Crippen molar-refractivity contribution in [1.82, 2.24) is 4.81 Å². The SMILES string of the molecule is CCN1C=CC=CB1[n+]1ccc(N(C)C)cc1. The van der Waals surface area contributed by atoms with Gasteiger partial charge in [-0.2, -0.15) is 0 Å². The lowest BCUT2D eigenvalue weighted by Gasteiger charge is -2.20. The van der Waals surface area contributed by atoms with Gasteiger partial charge in [-0.25, -0.2) is 0 Å². The van der Waals surface area contributed by atoms with Gasteiger partial charge in [0.15, 0.2) is 0 Å². The highest BCUT2D eigenvalue weighted by Gasteiger charge is 2.32. The molecule has 2 rings (SSSR count). The summed E-state index contributed by atoms with van der Waals surface area (Å²) in [5.74, 6) is 2.21. The van der Waals surface area contributed by atoms with Crippen LogP contribution in [-0.2, 0) is 0 Å². The van der Waals surface area contributed by atoms with Crippen LogP contribution in [0.15, 0.2) is 48.9 Å². The van der Waals surface area contributed by atoms with Gasteiger partial charge in [0.05, 0.1) is 0 Å². The Morgan fingerprint density at radius 1 is 1.24 bits per heavy atom. The number of rotatable bonds is 3. The molecule has 1 aliphatic heterocycles. The molecule has 0 spiro atoms. The Bertz CT molecular complexity index is 423. The molecule has 0 aromatic carbocycles. The van der Waals surface area contributed by atoms with Crippen LogP contribution in [0.5, 0.6) is 0 Å². The maximum atomic E-state index is 2.30. The Morgan fingerprint density at radius 2 is 1.94 bits per heavy atom.